The van der Waals surface area contributed by atoms with Crippen LogP contribution in [0.25, 0.3) is 0 Å². The standard InChI is InChI=1S/C7H10ClN3/c1-11(2)7-5-9-4-6(3-8)10-7/h4-5H,3H2,1-2H3. The third-order valence-corrected chi connectivity index (χ3v) is 1.54. The van der Waals surface area contributed by atoms with Crippen LogP contribution in [0.2, 0.25) is 0 Å². The second-order valence-corrected chi connectivity index (χ2v) is 2.66. The SMILES string of the molecule is CN(C)c1cncc(CCl)n1. The number of anilines is 1. The van der Waals surface area contributed by atoms with Crippen molar-refractivity contribution in [1.29, 1.82) is 0 Å². The lowest BCUT2D eigenvalue weighted by Gasteiger charge is -2.10. The fraction of sp³-hybridized carbons (Fsp3) is 0.429. The zero-order valence-corrected chi connectivity index (χ0v) is 7.34. The first-order valence-electron chi connectivity index (χ1n) is 3.28. The molecule has 4 heteroatoms. The van der Waals surface area contributed by atoms with E-state index >= 15 is 0 Å². The van der Waals surface area contributed by atoms with E-state index in [2.05, 4.69) is 9.97 Å². The van der Waals surface area contributed by atoms with Crippen LogP contribution in [0.1, 0.15) is 5.69 Å². The maximum atomic E-state index is 5.58. The van der Waals surface area contributed by atoms with Crippen LogP contribution in [-0.4, -0.2) is 24.1 Å². The third-order valence-electron chi connectivity index (χ3n) is 1.27. The molecule has 0 aromatic carbocycles. The minimum atomic E-state index is 0.411. The van der Waals surface area contributed by atoms with Crippen LogP contribution < -0.4 is 4.90 Å². The lowest BCUT2D eigenvalue weighted by atomic mass is 10.5. The smallest absolute Gasteiger partial charge is 0.146 e. The average molecular weight is 172 g/mol. The van der Waals surface area contributed by atoms with E-state index in [0.717, 1.165) is 11.5 Å². The van der Waals surface area contributed by atoms with E-state index in [1.54, 1.807) is 12.4 Å². The molecular weight excluding hydrogens is 162 g/mol. The van der Waals surface area contributed by atoms with Crippen molar-refractivity contribution in [3.8, 4) is 0 Å². The van der Waals surface area contributed by atoms with E-state index in [0.29, 0.717) is 5.88 Å². The molecule has 0 aliphatic rings. The van der Waals surface area contributed by atoms with Gasteiger partial charge in [0.05, 0.1) is 17.8 Å². The second-order valence-electron chi connectivity index (χ2n) is 2.40. The number of rotatable bonds is 2. The first-order valence-corrected chi connectivity index (χ1v) is 3.81. The Morgan fingerprint density at radius 2 is 2.18 bits per heavy atom. The molecule has 0 bridgehead atoms. The zero-order chi connectivity index (χ0) is 8.27. The highest BCUT2D eigenvalue weighted by atomic mass is 35.5. The van der Waals surface area contributed by atoms with E-state index in [-0.39, 0.29) is 0 Å². The highest BCUT2D eigenvalue weighted by Crippen LogP contribution is 2.06. The van der Waals surface area contributed by atoms with Crippen LogP contribution in [0.3, 0.4) is 0 Å². The molecule has 0 amide bonds. The third kappa shape index (κ3) is 2.05. The molecule has 3 nitrogen and oxygen atoms in total. The van der Waals surface area contributed by atoms with Crippen LogP contribution in [-0.2, 0) is 5.88 Å². The summed E-state index contributed by atoms with van der Waals surface area (Å²) < 4.78 is 0. The summed E-state index contributed by atoms with van der Waals surface area (Å²) in [6, 6.07) is 0. The van der Waals surface area contributed by atoms with Crippen LogP contribution in [0.15, 0.2) is 12.4 Å². The lowest BCUT2D eigenvalue weighted by molar-refractivity contribution is 1.00. The Balaban J connectivity index is 2.91. The minimum absolute atomic E-state index is 0.411. The number of hydrogen-bond donors (Lipinski definition) is 0. The Morgan fingerprint density at radius 3 is 2.73 bits per heavy atom. The van der Waals surface area contributed by atoms with E-state index in [4.69, 9.17) is 11.6 Å². The van der Waals surface area contributed by atoms with Crippen molar-refractivity contribution < 1.29 is 0 Å². The topological polar surface area (TPSA) is 29.0 Å². The molecule has 1 heterocycles. The van der Waals surface area contributed by atoms with Gasteiger partial charge in [-0.1, -0.05) is 0 Å². The fourth-order valence-electron chi connectivity index (χ4n) is 0.675. The maximum absolute atomic E-state index is 5.58. The molecule has 0 spiro atoms. The monoisotopic (exact) mass is 171 g/mol. The molecule has 1 aromatic heterocycles. The van der Waals surface area contributed by atoms with Crippen molar-refractivity contribution >= 4 is 17.4 Å². The second kappa shape index (κ2) is 3.53. The maximum Gasteiger partial charge on any atom is 0.146 e. The fourth-order valence-corrected chi connectivity index (χ4v) is 0.803. The molecule has 0 unspecified atom stereocenters. The van der Waals surface area contributed by atoms with Gasteiger partial charge in [0.25, 0.3) is 0 Å². The molecule has 11 heavy (non-hydrogen) atoms. The molecule has 1 aromatic rings. The molecule has 0 saturated heterocycles. The van der Waals surface area contributed by atoms with E-state index < -0.39 is 0 Å². The van der Waals surface area contributed by atoms with Gasteiger partial charge in [0.2, 0.25) is 0 Å². The number of halogens is 1. The number of alkyl halides is 1. The summed E-state index contributed by atoms with van der Waals surface area (Å²) in [7, 11) is 3.84. The summed E-state index contributed by atoms with van der Waals surface area (Å²) in [4.78, 5) is 10.1. The molecule has 0 aliphatic heterocycles. The van der Waals surface area contributed by atoms with Gasteiger partial charge in [0, 0.05) is 20.3 Å². The van der Waals surface area contributed by atoms with Gasteiger partial charge in [-0.05, 0) is 0 Å². The van der Waals surface area contributed by atoms with Crippen molar-refractivity contribution in [3.05, 3.63) is 18.1 Å². The quantitative estimate of drug-likeness (QED) is 0.628. The van der Waals surface area contributed by atoms with Crippen LogP contribution in [0, 0.1) is 0 Å². The molecule has 0 aliphatic carbocycles. The van der Waals surface area contributed by atoms with Crippen molar-refractivity contribution in [2.75, 3.05) is 19.0 Å². The zero-order valence-electron chi connectivity index (χ0n) is 6.58. The summed E-state index contributed by atoms with van der Waals surface area (Å²) in [5.41, 5.74) is 0.804. The summed E-state index contributed by atoms with van der Waals surface area (Å²) in [5, 5.41) is 0. The highest BCUT2D eigenvalue weighted by Gasteiger charge is 1.97. The predicted octanol–water partition coefficient (Wildman–Crippen LogP) is 1.28. The molecule has 1 rings (SSSR count). The van der Waals surface area contributed by atoms with Gasteiger partial charge < -0.3 is 4.90 Å². The van der Waals surface area contributed by atoms with Crippen LogP contribution in [0.4, 0.5) is 5.82 Å². The average Bonchev–Trinajstić information content (AvgIpc) is 2.05. The number of aromatic nitrogens is 2. The minimum Gasteiger partial charge on any atom is -0.361 e. The Bertz CT molecular complexity index is 237. The van der Waals surface area contributed by atoms with Gasteiger partial charge in [-0.15, -0.1) is 11.6 Å². The van der Waals surface area contributed by atoms with Gasteiger partial charge >= 0.3 is 0 Å². The van der Waals surface area contributed by atoms with Crippen LogP contribution >= 0.6 is 11.6 Å². The Labute approximate surface area is 71.0 Å². The van der Waals surface area contributed by atoms with E-state index in [1.807, 2.05) is 19.0 Å². The van der Waals surface area contributed by atoms with Gasteiger partial charge in [0.15, 0.2) is 0 Å². The largest absolute Gasteiger partial charge is 0.361 e. The Hall–Kier alpha value is -0.830. The van der Waals surface area contributed by atoms with Crippen molar-refractivity contribution in [2.45, 2.75) is 5.88 Å². The highest BCUT2D eigenvalue weighted by molar-refractivity contribution is 6.16. The van der Waals surface area contributed by atoms with E-state index in [1.165, 1.54) is 0 Å². The molecule has 0 atom stereocenters. The van der Waals surface area contributed by atoms with Crippen molar-refractivity contribution in [1.82, 2.24) is 9.97 Å². The molecule has 0 saturated carbocycles. The van der Waals surface area contributed by atoms with Crippen molar-refractivity contribution in [3.63, 3.8) is 0 Å². The van der Waals surface area contributed by atoms with Gasteiger partial charge in [-0.3, -0.25) is 4.98 Å². The van der Waals surface area contributed by atoms with Crippen molar-refractivity contribution in [2.24, 2.45) is 0 Å². The molecule has 60 valence electrons. The molecule has 0 N–H and O–H groups in total. The summed E-state index contributed by atoms with van der Waals surface area (Å²) in [6.45, 7) is 0. The van der Waals surface area contributed by atoms with Gasteiger partial charge in [-0.25, -0.2) is 4.98 Å². The van der Waals surface area contributed by atoms with Gasteiger partial charge in [-0.2, -0.15) is 0 Å². The normalized spacial score (nSPS) is 9.73. The first-order chi connectivity index (χ1) is 5.24. The van der Waals surface area contributed by atoms with E-state index in [9.17, 15) is 0 Å². The van der Waals surface area contributed by atoms with Gasteiger partial charge in [0.1, 0.15) is 5.82 Å². The molecule has 0 fully saturated rings. The lowest BCUT2D eigenvalue weighted by Crippen LogP contribution is -2.11. The molecular formula is C7H10ClN3. The molecule has 0 radical (unpaired) electrons. The number of hydrogen-bond acceptors (Lipinski definition) is 3. The summed E-state index contributed by atoms with van der Waals surface area (Å²) in [6.07, 6.45) is 3.37. The Kier molecular flexibility index (Phi) is 2.65. The number of nitrogens with zero attached hydrogens (tertiary/aromatic N) is 3. The summed E-state index contributed by atoms with van der Waals surface area (Å²) >= 11 is 5.58. The van der Waals surface area contributed by atoms with Crippen LogP contribution in [0.5, 0.6) is 0 Å². The predicted molar refractivity (Wildman–Crippen MR) is 45.9 cm³/mol. The Morgan fingerprint density at radius 1 is 1.45 bits per heavy atom. The summed E-state index contributed by atoms with van der Waals surface area (Å²) in [5.74, 6) is 1.25. The first kappa shape index (κ1) is 8.27.